The Morgan fingerprint density at radius 2 is 1.86 bits per heavy atom. The van der Waals surface area contributed by atoms with E-state index in [4.69, 9.17) is 34.8 Å². The molecular formula is C9H12Cl3NO. The SMILES string of the molecule is CC.Cn1cccc1C(=O)C(Cl)(Cl)Cl. The van der Waals surface area contributed by atoms with E-state index in [1.165, 1.54) is 0 Å². The molecule has 0 fully saturated rings. The predicted octanol–water partition coefficient (Wildman–Crippen LogP) is 3.60. The molecule has 1 aromatic heterocycles. The molecule has 0 aliphatic heterocycles. The topological polar surface area (TPSA) is 22.0 Å². The molecule has 5 heteroatoms. The Hall–Kier alpha value is -0.180. The van der Waals surface area contributed by atoms with E-state index in [0.29, 0.717) is 5.69 Å². The summed E-state index contributed by atoms with van der Waals surface area (Å²) in [4.78, 5) is 11.3. The van der Waals surface area contributed by atoms with E-state index in [1.54, 1.807) is 29.9 Å². The van der Waals surface area contributed by atoms with Crippen molar-refractivity contribution in [2.24, 2.45) is 7.05 Å². The van der Waals surface area contributed by atoms with Crippen LogP contribution in [-0.2, 0) is 7.05 Å². The molecule has 0 saturated heterocycles. The number of hydrogen-bond donors (Lipinski definition) is 0. The molecule has 0 unspecified atom stereocenters. The molecule has 0 amide bonds. The third-order valence-electron chi connectivity index (χ3n) is 1.43. The van der Waals surface area contributed by atoms with E-state index in [0.717, 1.165) is 0 Å². The van der Waals surface area contributed by atoms with Crippen molar-refractivity contribution in [3.05, 3.63) is 24.0 Å². The van der Waals surface area contributed by atoms with Crippen LogP contribution in [0.15, 0.2) is 18.3 Å². The van der Waals surface area contributed by atoms with Crippen molar-refractivity contribution in [1.82, 2.24) is 4.57 Å². The predicted molar refractivity (Wildman–Crippen MR) is 61.4 cm³/mol. The van der Waals surface area contributed by atoms with Gasteiger partial charge in [-0.05, 0) is 12.1 Å². The third-order valence-corrected chi connectivity index (χ3v) is 1.95. The van der Waals surface area contributed by atoms with E-state index < -0.39 is 9.58 Å². The van der Waals surface area contributed by atoms with E-state index in [2.05, 4.69) is 0 Å². The molecule has 0 aromatic carbocycles. The Balaban J connectivity index is 0.000000791. The van der Waals surface area contributed by atoms with Crippen molar-refractivity contribution >= 4 is 40.6 Å². The Labute approximate surface area is 98.8 Å². The second kappa shape index (κ2) is 5.64. The van der Waals surface area contributed by atoms with Gasteiger partial charge in [-0.2, -0.15) is 0 Å². The standard InChI is InChI=1S/C7H6Cl3NO.C2H6/c1-11-4-2-3-5(11)6(12)7(8,9)10;1-2/h2-4H,1H3;1-2H3. The number of nitrogens with zero attached hydrogens (tertiary/aromatic N) is 1. The minimum absolute atomic E-state index is 0.384. The van der Waals surface area contributed by atoms with Crippen LogP contribution >= 0.6 is 34.8 Å². The molecule has 1 aromatic rings. The number of rotatable bonds is 1. The quantitative estimate of drug-likeness (QED) is 0.556. The van der Waals surface area contributed by atoms with Crippen molar-refractivity contribution in [1.29, 1.82) is 0 Å². The number of ketones is 1. The van der Waals surface area contributed by atoms with Crippen LogP contribution in [-0.4, -0.2) is 14.1 Å². The average Bonchev–Trinajstić information content (AvgIpc) is 2.52. The highest BCUT2D eigenvalue weighted by Gasteiger charge is 2.32. The van der Waals surface area contributed by atoms with Gasteiger partial charge in [0.15, 0.2) is 0 Å². The van der Waals surface area contributed by atoms with Gasteiger partial charge in [-0.3, -0.25) is 4.79 Å². The van der Waals surface area contributed by atoms with Gasteiger partial charge in [0, 0.05) is 13.2 Å². The minimum atomic E-state index is -1.87. The first-order chi connectivity index (χ1) is 6.43. The molecule has 0 bridgehead atoms. The molecule has 14 heavy (non-hydrogen) atoms. The van der Waals surface area contributed by atoms with Crippen molar-refractivity contribution < 1.29 is 4.79 Å². The lowest BCUT2D eigenvalue weighted by Crippen LogP contribution is -2.21. The molecule has 0 saturated carbocycles. The molecule has 0 atom stereocenters. The molecular weight excluding hydrogens is 244 g/mol. The summed E-state index contributed by atoms with van der Waals surface area (Å²) in [5.41, 5.74) is 0.384. The Morgan fingerprint density at radius 3 is 2.14 bits per heavy atom. The van der Waals surface area contributed by atoms with E-state index in [9.17, 15) is 4.79 Å². The molecule has 0 radical (unpaired) electrons. The number of alkyl halides is 3. The second-order valence-corrected chi connectivity index (χ2v) is 4.61. The molecule has 0 aliphatic rings. The van der Waals surface area contributed by atoms with Gasteiger partial charge >= 0.3 is 0 Å². The first-order valence-corrected chi connectivity index (χ1v) is 5.29. The normalized spacial score (nSPS) is 10.4. The van der Waals surface area contributed by atoms with E-state index in [1.807, 2.05) is 13.8 Å². The maximum absolute atomic E-state index is 11.3. The zero-order valence-electron chi connectivity index (χ0n) is 8.22. The molecule has 0 aliphatic carbocycles. The van der Waals surface area contributed by atoms with Crippen LogP contribution in [0.5, 0.6) is 0 Å². The summed E-state index contributed by atoms with van der Waals surface area (Å²) >= 11 is 16.2. The van der Waals surface area contributed by atoms with Crippen molar-refractivity contribution in [2.45, 2.75) is 17.6 Å². The lowest BCUT2D eigenvalue weighted by Gasteiger charge is -2.09. The zero-order valence-corrected chi connectivity index (χ0v) is 10.5. The van der Waals surface area contributed by atoms with Crippen molar-refractivity contribution in [3.63, 3.8) is 0 Å². The molecule has 80 valence electrons. The van der Waals surface area contributed by atoms with Gasteiger partial charge in [0.05, 0.1) is 5.69 Å². The van der Waals surface area contributed by atoms with Gasteiger partial charge in [0.25, 0.3) is 3.79 Å². The van der Waals surface area contributed by atoms with Crippen LogP contribution in [0.1, 0.15) is 24.3 Å². The molecule has 1 rings (SSSR count). The van der Waals surface area contributed by atoms with Gasteiger partial charge < -0.3 is 4.57 Å². The first kappa shape index (κ1) is 13.8. The van der Waals surface area contributed by atoms with Crippen LogP contribution in [0.25, 0.3) is 0 Å². The lowest BCUT2D eigenvalue weighted by molar-refractivity contribution is 0.0988. The summed E-state index contributed by atoms with van der Waals surface area (Å²) in [6.45, 7) is 4.00. The zero-order chi connectivity index (χ0) is 11.4. The highest BCUT2D eigenvalue weighted by molar-refractivity contribution is 6.77. The van der Waals surface area contributed by atoms with Crippen molar-refractivity contribution in [2.75, 3.05) is 0 Å². The van der Waals surface area contributed by atoms with E-state index in [-0.39, 0.29) is 0 Å². The monoisotopic (exact) mass is 255 g/mol. The highest BCUT2D eigenvalue weighted by Crippen LogP contribution is 2.30. The highest BCUT2D eigenvalue weighted by atomic mass is 35.6. The Morgan fingerprint density at radius 1 is 1.36 bits per heavy atom. The summed E-state index contributed by atoms with van der Waals surface area (Å²) in [5.74, 6) is -0.514. The summed E-state index contributed by atoms with van der Waals surface area (Å²) in [7, 11) is 1.71. The summed E-state index contributed by atoms with van der Waals surface area (Å²) in [5, 5.41) is 0. The Kier molecular flexibility index (Phi) is 5.57. The molecule has 0 spiro atoms. The fraction of sp³-hybridized carbons (Fsp3) is 0.444. The van der Waals surface area contributed by atoms with Gasteiger partial charge in [-0.25, -0.2) is 0 Å². The number of halogens is 3. The largest absolute Gasteiger partial charge is 0.348 e. The van der Waals surface area contributed by atoms with Crippen LogP contribution in [0, 0.1) is 0 Å². The summed E-state index contributed by atoms with van der Waals surface area (Å²) < 4.78 is -0.268. The van der Waals surface area contributed by atoms with Gasteiger partial charge in [-0.15, -0.1) is 0 Å². The fourth-order valence-corrected chi connectivity index (χ4v) is 1.13. The van der Waals surface area contributed by atoms with Gasteiger partial charge in [0.1, 0.15) is 0 Å². The maximum Gasteiger partial charge on any atom is 0.255 e. The number of carbonyl (C=O) groups excluding carboxylic acids is 1. The smallest absolute Gasteiger partial charge is 0.255 e. The summed E-state index contributed by atoms with van der Waals surface area (Å²) in [6.07, 6.45) is 1.71. The maximum atomic E-state index is 11.3. The Bertz CT molecular complexity index is 301. The van der Waals surface area contributed by atoms with Gasteiger partial charge in [0.2, 0.25) is 5.78 Å². The van der Waals surface area contributed by atoms with Crippen LogP contribution in [0.2, 0.25) is 0 Å². The van der Waals surface area contributed by atoms with Crippen molar-refractivity contribution in [3.8, 4) is 0 Å². The van der Waals surface area contributed by atoms with Crippen LogP contribution in [0.3, 0.4) is 0 Å². The van der Waals surface area contributed by atoms with Crippen LogP contribution < -0.4 is 0 Å². The minimum Gasteiger partial charge on any atom is -0.348 e. The van der Waals surface area contributed by atoms with Gasteiger partial charge in [-0.1, -0.05) is 48.7 Å². The summed E-state index contributed by atoms with van der Waals surface area (Å²) in [6, 6.07) is 3.31. The molecule has 0 N–H and O–H groups in total. The van der Waals surface area contributed by atoms with Crippen LogP contribution in [0.4, 0.5) is 0 Å². The second-order valence-electron chi connectivity index (χ2n) is 2.33. The molecule has 2 nitrogen and oxygen atoms in total. The number of aromatic nitrogens is 1. The number of hydrogen-bond acceptors (Lipinski definition) is 1. The van der Waals surface area contributed by atoms with E-state index >= 15 is 0 Å². The first-order valence-electron chi connectivity index (χ1n) is 4.16. The number of aryl methyl sites for hydroxylation is 1. The molecule has 1 heterocycles. The lowest BCUT2D eigenvalue weighted by atomic mass is 10.3. The number of carbonyl (C=O) groups is 1. The number of Topliss-reactive ketones (excluding diaryl/α,β-unsaturated/α-hetero) is 1. The average molecular weight is 257 g/mol. The fourth-order valence-electron chi connectivity index (χ4n) is 0.842. The third kappa shape index (κ3) is 3.52.